The van der Waals surface area contributed by atoms with Gasteiger partial charge in [-0.3, -0.25) is 4.79 Å². The average Bonchev–Trinajstić information content (AvgIpc) is 2.91. The van der Waals surface area contributed by atoms with Gasteiger partial charge in [0.2, 0.25) is 0 Å². The number of hydrazone groups is 1. The van der Waals surface area contributed by atoms with Gasteiger partial charge in [0, 0.05) is 22.1 Å². The summed E-state index contributed by atoms with van der Waals surface area (Å²) in [5, 5.41) is 4.13. The molecule has 0 radical (unpaired) electrons. The first-order valence-electron chi connectivity index (χ1n) is 9.47. The van der Waals surface area contributed by atoms with E-state index in [1.165, 1.54) is 0 Å². The van der Waals surface area contributed by atoms with Crippen LogP contribution in [-0.4, -0.2) is 21.7 Å². The Morgan fingerprint density at radius 1 is 1.07 bits per heavy atom. The number of hydrogen-bond acceptors (Lipinski definition) is 3. The number of halogens is 1. The number of imidazole rings is 1. The SMILES string of the molecule is O=C(N/N=C\c1ccccc1Br)c1nc(-c2ccccc2)n2c1CCCCC2. The normalized spacial score (nSPS) is 13.9. The van der Waals surface area contributed by atoms with E-state index < -0.39 is 0 Å². The van der Waals surface area contributed by atoms with Crippen molar-refractivity contribution in [2.24, 2.45) is 5.10 Å². The van der Waals surface area contributed by atoms with Crippen molar-refractivity contribution in [1.82, 2.24) is 15.0 Å². The zero-order chi connectivity index (χ0) is 19.3. The van der Waals surface area contributed by atoms with E-state index in [1.807, 2.05) is 54.6 Å². The van der Waals surface area contributed by atoms with E-state index in [4.69, 9.17) is 4.98 Å². The maximum absolute atomic E-state index is 12.8. The summed E-state index contributed by atoms with van der Waals surface area (Å²) >= 11 is 3.48. The van der Waals surface area contributed by atoms with Crippen LogP contribution in [0.4, 0.5) is 0 Å². The molecular weight excluding hydrogens is 416 g/mol. The second-order valence-corrected chi connectivity index (χ2v) is 7.63. The number of carbonyl (C=O) groups is 1. The van der Waals surface area contributed by atoms with Crippen molar-refractivity contribution >= 4 is 28.1 Å². The van der Waals surface area contributed by atoms with Crippen LogP contribution in [-0.2, 0) is 13.0 Å². The molecule has 0 bridgehead atoms. The molecule has 0 unspecified atom stereocenters. The van der Waals surface area contributed by atoms with E-state index in [0.29, 0.717) is 5.69 Å². The highest BCUT2D eigenvalue weighted by atomic mass is 79.9. The van der Waals surface area contributed by atoms with Gasteiger partial charge in [-0.2, -0.15) is 5.10 Å². The quantitative estimate of drug-likeness (QED) is 0.471. The van der Waals surface area contributed by atoms with E-state index >= 15 is 0 Å². The summed E-state index contributed by atoms with van der Waals surface area (Å²) in [6.45, 7) is 0.889. The molecule has 1 aliphatic heterocycles. The summed E-state index contributed by atoms with van der Waals surface area (Å²) < 4.78 is 3.13. The third-order valence-corrected chi connectivity index (χ3v) is 5.61. The summed E-state index contributed by atoms with van der Waals surface area (Å²) in [6.07, 6.45) is 5.83. The lowest BCUT2D eigenvalue weighted by Crippen LogP contribution is -2.20. The predicted octanol–water partition coefficient (Wildman–Crippen LogP) is 4.80. The minimum Gasteiger partial charge on any atom is -0.327 e. The van der Waals surface area contributed by atoms with Gasteiger partial charge in [-0.1, -0.05) is 70.9 Å². The van der Waals surface area contributed by atoms with Crippen LogP contribution in [0.15, 0.2) is 64.2 Å². The number of hydrogen-bond donors (Lipinski definition) is 1. The van der Waals surface area contributed by atoms with Gasteiger partial charge in [0.05, 0.1) is 11.9 Å². The molecule has 0 saturated heterocycles. The Kier molecular flexibility index (Phi) is 5.67. The van der Waals surface area contributed by atoms with Crippen LogP contribution in [0.1, 0.15) is 41.0 Å². The molecule has 1 N–H and O–H groups in total. The van der Waals surface area contributed by atoms with Crippen LogP contribution < -0.4 is 5.43 Å². The highest BCUT2D eigenvalue weighted by Gasteiger charge is 2.24. The fourth-order valence-electron chi connectivity index (χ4n) is 3.50. The van der Waals surface area contributed by atoms with Crippen molar-refractivity contribution in [1.29, 1.82) is 0 Å². The molecule has 0 saturated carbocycles. The molecule has 4 rings (SSSR count). The van der Waals surface area contributed by atoms with Crippen molar-refractivity contribution < 1.29 is 4.79 Å². The molecule has 2 heterocycles. The Labute approximate surface area is 172 Å². The fraction of sp³-hybridized carbons (Fsp3) is 0.227. The Morgan fingerprint density at radius 3 is 2.68 bits per heavy atom. The van der Waals surface area contributed by atoms with Crippen LogP contribution in [0.25, 0.3) is 11.4 Å². The lowest BCUT2D eigenvalue weighted by Gasteiger charge is -2.08. The molecule has 1 amide bonds. The second kappa shape index (κ2) is 8.52. The van der Waals surface area contributed by atoms with Gasteiger partial charge in [-0.25, -0.2) is 10.4 Å². The summed E-state index contributed by atoms with van der Waals surface area (Å²) in [7, 11) is 0. The average molecular weight is 437 g/mol. The van der Waals surface area contributed by atoms with E-state index in [2.05, 4.69) is 31.0 Å². The smallest absolute Gasteiger partial charge is 0.291 e. The first-order chi connectivity index (χ1) is 13.7. The third-order valence-electron chi connectivity index (χ3n) is 4.89. The first kappa shape index (κ1) is 18.6. The predicted molar refractivity (Wildman–Crippen MR) is 114 cm³/mol. The molecule has 2 aromatic carbocycles. The van der Waals surface area contributed by atoms with Gasteiger partial charge in [-0.15, -0.1) is 0 Å². The van der Waals surface area contributed by atoms with Crippen LogP contribution in [0.2, 0.25) is 0 Å². The zero-order valence-electron chi connectivity index (χ0n) is 15.4. The largest absolute Gasteiger partial charge is 0.327 e. The second-order valence-electron chi connectivity index (χ2n) is 6.78. The molecule has 142 valence electrons. The fourth-order valence-corrected chi connectivity index (χ4v) is 3.89. The van der Waals surface area contributed by atoms with Crippen molar-refractivity contribution in [3.63, 3.8) is 0 Å². The molecule has 0 atom stereocenters. The molecule has 1 aromatic heterocycles. The van der Waals surface area contributed by atoms with Crippen molar-refractivity contribution in [2.75, 3.05) is 0 Å². The highest BCUT2D eigenvalue weighted by molar-refractivity contribution is 9.10. The van der Waals surface area contributed by atoms with Crippen molar-refractivity contribution in [3.8, 4) is 11.4 Å². The van der Waals surface area contributed by atoms with Crippen molar-refractivity contribution in [2.45, 2.75) is 32.2 Å². The number of fused-ring (bicyclic) bond motifs is 1. The van der Waals surface area contributed by atoms with Gasteiger partial charge in [0.1, 0.15) is 5.82 Å². The van der Waals surface area contributed by atoms with Gasteiger partial charge < -0.3 is 4.57 Å². The molecular formula is C22H21BrN4O. The van der Waals surface area contributed by atoms with Crippen LogP contribution in [0, 0.1) is 0 Å². The third kappa shape index (κ3) is 3.92. The number of aromatic nitrogens is 2. The molecule has 5 nitrogen and oxygen atoms in total. The lowest BCUT2D eigenvalue weighted by atomic mass is 10.1. The van der Waals surface area contributed by atoms with E-state index in [9.17, 15) is 4.79 Å². The van der Waals surface area contributed by atoms with E-state index in [1.54, 1.807) is 6.21 Å². The maximum atomic E-state index is 12.8. The summed E-state index contributed by atoms with van der Waals surface area (Å²) in [5.41, 5.74) is 6.05. The summed E-state index contributed by atoms with van der Waals surface area (Å²) in [6, 6.07) is 17.8. The van der Waals surface area contributed by atoms with E-state index in [0.717, 1.165) is 59.3 Å². The maximum Gasteiger partial charge on any atom is 0.291 e. The van der Waals surface area contributed by atoms with E-state index in [-0.39, 0.29) is 5.91 Å². The summed E-state index contributed by atoms with van der Waals surface area (Å²) in [4.78, 5) is 17.6. The molecule has 3 aromatic rings. The molecule has 28 heavy (non-hydrogen) atoms. The van der Waals surface area contributed by atoms with Crippen LogP contribution in [0.5, 0.6) is 0 Å². The Morgan fingerprint density at radius 2 is 1.86 bits per heavy atom. The zero-order valence-corrected chi connectivity index (χ0v) is 17.0. The molecule has 0 fully saturated rings. The number of amides is 1. The monoisotopic (exact) mass is 436 g/mol. The minimum atomic E-state index is -0.267. The minimum absolute atomic E-state index is 0.267. The van der Waals surface area contributed by atoms with Gasteiger partial charge in [0.25, 0.3) is 5.91 Å². The van der Waals surface area contributed by atoms with Gasteiger partial charge in [0.15, 0.2) is 5.69 Å². The Balaban J connectivity index is 1.63. The van der Waals surface area contributed by atoms with Gasteiger partial charge in [-0.05, 0) is 25.3 Å². The molecule has 1 aliphatic rings. The number of nitrogens with one attached hydrogen (secondary N) is 1. The number of benzene rings is 2. The van der Waals surface area contributed by atoms with Crippen LogP contribution >= 0.6 is 15.9 Å². The topological polar surface area (TPSA) is 59.3 Å². The van der Waals surface area contributed by atoms with Gasteiger partial charge >= 0.3 is 0 Å². The number of nitrogens with zero attached hydrogens (tertiary/aromatic N) is 3. The number of rotatable bonds is 4. The van der Waals surface area contributed by atoms with Crippen LogP contribution in [0.3, 0.4) is 0 Å². The Hall–Kier alpha value is -2.73. The standard InChI is InChI=1S/C22H21BrN4O/c23-18-12-7-6-11-17(18)15-24-26-22(28)20-19-13-5-2-8-14-27(19)21(25-20)16-9-3-1-4-10-16/h1,3-4,6-7,9-12,15H,2,5,8,13-14H2,(H,26,28)/b24-15-. The molecule has 0 spiro atoms. The van der Waals surface area contributed by atoms with Crippen molar-refractivity contribution in [3.05, 3.63) is 76.0 Å². The lowest BCUT2D eigenvalue weighted by molar-refractivity contribution is 0.0949. The summed E-state index contributed by atoms with van der Waals surface area (Å²) in [5.74, 6) is 0.591. The Bertz CT molecular complexity index is 1010. The molecule has 6 heteroatoms. The highest BCUT2D eigenvalue weighted by Crippen LogP contribution is 2.27. The first-order valence-corrected chi connectivity index (χ1v) is 10.3. The molecule has 0 aliphatic carbocycles. The number of carbonyl (C=O) groups excluding carboxylic acids is 1.